The zero-order valence-electron chi connectivity index (χ0n) is 16.9. The molecule has 1 aliphatic rings. The van der Waals surface area contributed by atoms with Crippen molar-refractivity contribution in [2.45, 2.75) is 25.7 Å². The SMILES string of the molecule is CN=C(NCCc1nnc2ccccn12)N1CCC(Cc2ccccc2)CC1.I. The number of hydrogen-bond acceptors (Lipinski definition) is 3. The maximum Gasteiger partial charge on any atom is 0.193 e. The number of pyridine rings is 1. The Hall–Kier alpha value is -2.16. The summed E-state index contributed by atoms with van der Waals surface area (Å²) in [5, 5.41) is 12.0. The number of hydrogen-bond donors (Lipinski definition) is 1. The molecule has 4 rings (SSSR count). The lowest BCUT2D eigenvalue weighted by Crippen LogP contribution is -2.46. The van der Waals surface area contributed by atoms with Crippen molar-refractivity contribution in [1.29, 1.82) is 0 Å². The highest BCUT2D eigenvalue weighted by molar-refractivity contribution is 14.0. The Morgan fingerprint density at radius 2 is 1.83 bits per heavy atom. The highest BCUT2D eigenvalue weighted by atomic mass is 127. The maximum atomic E-state index is 4.49. The van der Waals surface area contributed by atoms with Gasteiger partial charge in [0.05, 0.1) is 0 Å². The third-order valence-corrected chi connectivity index (χ3v) is 5.51. The minimum absolute atomic E-state index is 0. The second-order valence-electron chi connectivity index (χ2n) is 7.39. The molecule has 1 aromatic carbocycles. The van der Waals surface area contributed by atoms with E-state index in [9.17, 15) is 0 Å². The second-order valence-corrected chi connectivity index (χ2v) is 7.39. The minimum Gasteiger partial charge on any atom is -0.356 e. The lowest BCUT2D eigenvalue weighted by atomic mass is 9.90. The summed E-state index contributed by atoms with van der Waals surface area (Å²) in [6.07, 6.45) is 6.43. The number of fused-ring (bicyclic) bond motifs is 1. The van der Waals surface area contributed by atoms with E-state index in [1.54, 1.807) is 0 Å². The van der Waals surface area contributed by atoms with Crippen molar-refractivity contribution in [2.24, 2.45) is 10.9 Å². The molecule has 0 bridgehead atoms. The van der Waals surface area contributed by atoms with E-state index in [0.717, 1.165) is 49.4 Å². The molecule has 0 radical (unpaired) electrons. The van der Waals surface area contributed by atoms with Crippen LogP contribution in [-0.2, 0) is 12.8 Å². The first-order chi connectivity index (χ1) is 13.8. The molecule has 3 aromatic rings. The van der Waals surface area contributed by atoms with E-state index < -0.39 is 0 Å². The average Bonchev–Trinajstić information content (AvgIpc) is 3.16. The molecule has 0 atom stereocenters. The number of benzene rings is 1. The van der Waals surface area contributed by atoms with Crippen LogP contribution in [0.15, 0.2) is 59.7 Å². The molecule has 154 valence electrons. The molecule has 2 aromatic heterocycles. The molecule has 6 nitrogen and oxygen atoms in total. The average molecular weight is 504 g/mol. The van der Waals surface area contributed by atoms with Crippen LogP contribution in [0.3, 0.4) is 0 Å². The van der Waals surface area contributed by atoms with Gasteiger partial charge in [0.1, 0.15) is 5.82 Å². The third-order valence-electron chi connectivity index (χ3n) is 5.51. The second kappa shape index (κ2) is 10.6. The largest absolute Gasteiger partial charge is 0.356 e. The summed E-state index contributed by atoms with van der Waals surface area (Å²) in [4.78, 5) is 6.87. The van der Waals surface area contributed by atoms with Crippen LogP contribution in [0.2, 0.25) is 0 Å². The van der Waals surface area contributed by atoms with Crippen LogP contribution in [0.5, 0.6) is 0 Å². The lowest BCUT2D eigenvalue weighted by molar-refractivity contribution is 0.259. The van der Waals surface area contributed by atoms with Crippen molar-refractivity contribution in [2.75, 3.05) is 26.7 Å². The topological polar surface area (TPSA) is 57.8 Å². The molecule has 1 N–H and O–H groups in total. The van der Waals surface area contributed by atoms with E-state index in [-0.39, 0.29) is 24.0 Å². The molecule has 0 spiro atoms. The fourth-order valence-electron chi connectivity index (χ4n) is 3.98. The molecule has 29 heavy (non-hydrogen) atoms. The monoisotopic (exact) mass is 504 g/mol. The molecule has 0 amide bonds. The minimum atomic E-state index is 0. The van der Waals surface area contributed by atoms with Gasteiger partial charge in [0.15, 0.2) is 11.6 Å². The van der Waals surface area contributed by atoms with Gasteiger partial charge in [-0.3, -0.25) is 9.39 Å². The summed E-state index contributed by atoms with van der Waals surface area (Å²) in [5.41, 5.74) is 2.34. The van der Waals surface area contributed by atoms with Crippen LogP contribution in [-0.4, -0.2) is 52.1 Å². The van der Waals surface area contributed by atoms with E-state index in [2.05, 4.69) is 55.7 Å². The summed E-state index contributed by atoms with van der Waals surface area (Å²) in [6, 6.07) is 16.8. The Morgan fingerprint density at radius 3 is 2.59 bits per heavy atom. The number of rotatable bonds is 5. The first-order valence-corrected chi connectivity index (χ1v) is 10.1. The fourth-order valence-corrected chi connectivity index (χ4v) is 3.98. The smallest absolute Gasteiger partial charge is 0.193 e. The summed E-state index contributed by atoms with van der Waals surface area (Å²) >= 11 is 0. The Labute approximate surface area is 189 Å². The van der Waals surface area contributed by atoms with Gasteiger partial charge in [-0.05, 0) is 42.9 Å². The van der Waals surface area contributed by atoms with Crippen molar-refractivity contribution >= 4 is 35.6 Å². The first kappa shape index (κ1) is 21.5. The van der Waals surface area contributed by atoms with Crippen LogP contribution < -0.4 is 5.32 Å². The Balaban J connectivity index is 0.00000240. The van der Waals surface area contributed by atoms with Crippen LogP contribution >= 0.6 is 24.0 Å². The molecule has 3 heterocycles. The highest BCUT2D eigenvalue weighted by Crippen LogP contribution is 2.21. The Morgan fingerprint density at radius 1 is 1.07 bits per heavy atom. The number of aromatic nitrogens is 3. The van der Waals surface area contributed by atoms with Crippen molar-refractivity contribution in [3.05, 3.63) is 66.1 Å². The predicted molar refractivity (Wildman–Crippen MR) is 128 cm³/mol. The van der Waals surface area contributed by atoms with E-state index in [1.807, 2.05) is 35.8 Å². The van der Waals surface area contributed by atoms with Crippen molar-refractivity contribution in [1.82, 2.24) is 24.8 Å². The zero-order chi connectivity index (χ0) is 19.2. The lowest BCUT2D eigenvalue weighted by Gasteiger charge is -2.34. The number of nitrogens with one attached hydrogen (secondary N) is 1. The molecule has 0 aliphatic carbocycles. The van der Waals surface area contributed by atoms with Gasteiger partial charge < -0.3 is 10.2 Å². The Kier molecular flexibility index (Phi) is 7.85. The molecule has 1 fully saturated rings. The standard InChI is InChI=1S/C22H28N6.HI/c1-23-22(24-13-10-21-26-25-20-9-5-6-14-28(20)21)27-15-11-19(12-16-27)17-18-7-3-2-4-8-18;/h2-9,14,19H,10-13,15-17H2,1H3,(H,23,24);1H. The highest BCUT2D eigenvalue weighted by Gasteiger charge is 2.21. The Bertz CT molecular complexity index is 915. The van der Waals surface area contributed by atoms with Gasteiger partial charge in [-0.15, -0.1) is 34.2 Å². The van der Waals surface area contributed by atoms with Gasteiger partial charge in [0, 0.05) is 39.3 Å². The van der Waals surface area contributed by atoms with Crippen LogP contribution in [0, 0.1) is 5.92 Å². The van der Waals surface area contributed by atoms with Crippen molar-refractivity contribution in [3.63, 3.8) is 0 Å². The third kappa shape index (κ3) is 5.46. The normalized spacial score (nSPS) is 15.3. The van der Waals surface area contributed by atoms with Gasteiger partial charge in [-0.25, -0.2) is 0 Å². The summed E-state index contributed by atoms with van der Waals surface area (Å²) in [6.45, 7) is 2.92. The van der Waals surface area contributed by atoms with Gasteiger partial charge in [-0.2, -0.15) is 0 Å². The number of nitrogens with zero attached hydrogens (tertiary/aromatic N) is 5. The molecule has 7 heteroatoms. The molecular formula is C22H29IN6. The molecule has 0 saturated carbocycles. The van der Waals surface area contributed by atoms with E-state index >= 15 is 0 Å². The van der Waals surface area contributed by atoms with Gasteiger partial charge in [-0.1, -0.05) is 36.4 Å². The maximum absolute atomic E-state index is 4.49. The first-order valence-electron chi connectivity index (χ1n) is 10.1. The number of guanidine groups is 1. The van der Waals surface area contributed by atoms with Crippen LogP contribution in [0.1, 0.15) is 24.2 Å². The van der Waals surface area contributed by atoms with Crippen LogP contribution in [0.25, 0.3) is 5.65 Å². The number of piperidine rings is 1. The zero-order valence-corrected chi connectivity index (χ0v) is 19.2. The van der Waals surface area contributed by atoms with E-state index in [1.165, 1.54) is 24.8 Å². The molecule has 0 unspecified atom stereocenters. The van der Waals surface area contributed by atoms with Crippen molar-refractivity contribution in [3.8, 4) is 0 Å². The van der Waals surface area contributed by atoms with E-state index in [0.29, 0.717) is 0 Å². The van der Waals surface area contributed by atoms with Gasteiger partial charge in [0.25, 0.3) is 0 Å². The fraction of sp³-hybridized carbons (Fsp3) is 0.409. The van der Waals surface area contributed by atoms with Crippen molar-refractivity contribution < 1.29 is 0 Å². The quantitative estimate of drug-likeness (QED) is 0.329. The number of aliphatic imine (C=N–C) groups is 1. The predicted octanol–water partition coefficient (Wildman–Crippen LogP) is 3.42. The summed E-state index contributed by atoms with van der Waals surface area (Å²) in [7, 11) is 1.87. The van der Waals surface area contributed by atoms with Crippen LogP contribution in [0.4, 0.5) is 0 Å². The van der Waals surface area contributed by atoms with Gasteiger partial charge in [0.2, 0.25) is 0 Å². The molecule has 1 saturated heterocycles. The summed E-state index contributed by atoms with van der Waals surface area (Å²) < 4.78 is 2.04. The molecular weight excluding hydrogens is 475 g/mol. The summed E-state index contributed by atoms with van der Waals surface area (Å²) in [5.74, 6) is 2.73. The van der Waals surface area contributed by atoms with E-state index in [4.69, 9.17) is 0 Å². The number of likely N-dealkylation sites (tertiary alicyclic amines) is 1. The molecule has 1 aliphatic heterocycles. The number of halogens is 1. The van der Waals surface area contributed by atoms with Gasteiger partial charge >= 0.3 is 0 Å².